The van der Waals surface area contributed by atoms with Crippen molar-refractivity contribution < 1.29 is 4.79 Å². The van der Waals surface area contributed by atoms with Crippen LogP contribution in [0.5, 0.6) is 0 Å². The fourth-order valence-corrected chi connectivity index (χ4v) is 2.59. The van der Waals surface area contributed by atoms with Crippen molar-refractivity contribution in [2.75, 3.05) is 39.8 Å². The van der Waals surface area contributed by atoms with Crippen LogP contribution in [0, 0.1) is 0 Å². The van der Waals surface area contributed by atoms with Crippen LogP contribution in [-0.2, 0) is 4.79 Å². The van der Waals surface area contributed by atoms with E-state index in [1.807, 2.05) is 0 Å². The number of amides is 1. The summed E-state index contributed by atoms with van der Waals surface area (Å²) in [5.41, 5.74) is 1.36. The zero-order chi connectivity index (χ0) is 13.7. The molecule has 0 spiro atoms. The summed E-state index contributed by atoms with van der Waals surface area (Å²) in [6, 6.07) is 11.0. The van der Waals surface area contributed by atoms with Crippen LogP contribution in [0.2, 0.25) is 0 Å². The van der Waals surface area contributed by atoms with E-state index in [0.717, 1.165) is 32.7 Å². The first-order valence-corrected chi connectivity index (χ1v) is 6.89. The van der Waals surface area contributed by atoms with Crippen molar-refractivity contribution in [3.05, 3.63) is 35.9 Å². The van der Waals surface area contributed by atoms with Crippen LogP contribution in [0.1, 0.15) is 18.5 Å². The number of hydrogen-bond acceptors (Lipinski definition) is 3. The molecule has 1 heterocycles. The van der Waals surface area contributed by atoms with E-state index >= 15 is 0 Å². The SMILES string of the molecule is CC(=O)NCCN1CCN(C)CC1c1ccccc1. The largest absolute Gasteiger partial charge is 0.355 e. The first-order valence-electron chi connectivity index (χ1n) is 6.89. The van der Waals surface area contributed by atoms with Gasteiger partial charge in [-0.2, -0.15) is 0 Å². The van der Waals surface area contributed by atoms with Gasteiger partial charge >= 0.3 is 0 Å². The Morgan fingerprint density at radius 1 is 1.32 bits per heavy atom. The van der Waals surface area contributed by atoms with Crippen LogP contribution in [0.15, 0.2) is 30.3 Å². The highest BCUT2D eigenvalue weighted by molar-refractivity contribution is 5.72. The van der Waals surface area contributed by atoms with Gasteiger partial charge in [0.25, 0.3) is 0 Å². The first kappa shape index (κ1) is 14.0. The number of carbonyl (C=O) groups excluding carboxylic acids is 1. The normalized spacial score (nSPS) is 21.3. The number of piperazine rings is 1. The molecule has 0 aromatic heterocycles. The summed E-state index contributed by atoms with van der Waals surface area (Å²) in [7, 11) is 2.17. The van der Waals surface area contributed by atoms with Crippen LogP contribution in [-0.4, -0.2) is 55.5 Å². The topological polar surface area (TPSA) is 35.6 Å². The molecule has 1 unspecified atom stereocenters. The Kier molecular flexibility index (Phi) is 4.93. The Hall–Kier alpha value is -1.39. The van der Waals surface area contributed by atoms with Gasteiger partial charge in [0.1, 0.15) is 0 Å². The van der Waals surface area contributed by atoms with Crippen LogP contribution in [0.4, 0.5) is 0 Å². The van der Waals surface area contributed by atoms with Crippen molar-refractivity contribution in [2.24, 2.45) is 0 Å². The zero-order valence-corrected chi connectivity index (χ0v) is 11.8. The van der Waals surface area contributed by atoms with Crippen molar-refractivity contribution >= 4 is 5.91 Å². The van der Waals surface area contributed by atoms with Crippen molar-refractivity contribution in [1.82, 2.24) is 15.1 Å². The molecule has 1 aromatic carbocycles. The summed E-state index contributed by atoms with van der Waals surface area (Å²) >= 11 is 0. The van der Waals surface area contributed by atoms with E-state index in [0.29, 0.717) is 6.04 Å². The molecule has 1 aliphatic heterocycles. The van der Waals surface area contributed by atoms with Crippen molar-refractivity contribution in [3.63, 3.8) is 0 Å². The minimum atomic E-state index is 0.0467. The predicted molar refractivity (Wildman–Crippen MR) is 76.9 cm³/mol. The predicted octanol–water partition coefficient (Wildman–Crippen LogP) is 1.11. The molecule has 1 atom stereocenters. The smallest absolute Gasteiger partial charge is 0.216 e. The summed E-state index contributed by atoms with van der Waals surface area (Å²) < 4.78 is 0. The lowest BCUT2D eigenvalue weighted by Gasteiger charge is -2.40. The fourth-order valence-electron chi connectivity index (χ4n) is 2.59. The summed E-state index contributed by atoms with van der Waals surface area (Å²) in [6.45, 7) is 6.39. The molecule has 2 rings (SSSR count). The average molecular weight is 261 g/mol. The molecule has 0 bridgehead atoms. The molecule has 0 saturated carbocycles. The lowest BCUT2D eigenvalue weighted by molar-refractivity contribution is -0.119. The van der Waals surface area contributed by atoms with Crippen LogP contribution in [0.3, 0.4) is 0 Å². The van der Waals surface area contributed by atoms with E-state index in [-0.39, 0.29) is 5.91 Å². The maximum absolute atomic E-state index is 11.0. The molecule has 19 heavy (non-hydrogen) atoms. The molecule has 1 aromatic rings. The van der Waals surface area contributed by atoms with Crippen LogP contribution in [0.25, 0.3) is 0 Å². The van der Waals surface area contributed by atoms with Gasteiger partial charge in [0.2, 0.25) is 5.91 Å². The Morgan fingerprint density at radius 2 is 2.05 bits per heavy atom. The highest BCUT2D eigenvalue weighted by atomic mass is 16.1. The number of nitrogens with zero attached hydrogens (tertiary/aromatic N) is 2. The van der Waals surface area contributed by atoms with Gasteiger partial charge < -0.3 is 10.2 Å². The summed E-state index contributed by atoms with van der Waals surface area (Å²) in [6.07, 6.45) is 0. The molecule has 1 saturated heterocycles. The highest BCUT2D eigenvalue weighted by Crippen LogP contribution is 2.24. The second-order valence-corrected chi connectivity index (χ2v) is 5.21. The van der Waals surface area contributed by atoms with E-state index in [1.54, 1.807) is 6.92 Å². The molecule has 104 valence electrons. The van der Waals surface area contributed by atoms with E-state index in [9.17, 15) is 4.79 Å². The van der Waals surface area contributed by atoms with Gasteiger partial charge in [-0.25, -0.2) is 0 Å². The lowest BCUT2D eigenvalue weighted by Crippen LogP contribution is -2.48. The van der Waals surface area contributed by atoms with Gasteiger partial charge in [-0.15, -0.1) is 0 Å². The number of likely N-dealkylation sites (N-methyl/N-ethyl adjacent to an activating group) is 1. The number of rotatable bonds is 4. The average Bonchev–Trinajstić information content (AvgIpc) is 2.41. The third kappa shape index (κ3) is 4.04. The zero-order valence-electron chi connectivity index (χ0n) is 11.8. The maximum Gasteiger partial charge on any atom is 0.216 e. The van der Waals surface area contributed by atoms with Crippen molar-refractivity contribution in [2.45, 2.75) is 13.0 Å². The lowest BCUT2D eigenvalue weighted by atomic mass is 10.0. The van der Waals surface area contributed by atoms with Gasteiger partial charge in [-0.05, 0) is 12.6 Å². The number of hydrogen-bond donors (Lipinski definition) is 1. The van der Waals surface area contributed by atoms with Gasteiger partial charge in [0.15, 0.2) is 0 Å². The molecule has 4 nitrogen and oxygen atoms in total. The number of benzene rings is 1. The molecular weight excluding hydrogens is 238 g/mol. The standard InChI is InChI=1S/C15H23N3O/c1-13(19)16-8-9-18-11-10-17(2)12-15(18)14-6-4-3-5-7-14/h3-7,15H,8-12H2,1-2H3,(H,16,19). The minimum absolute atomic E-state index is 0.0467. The first-order chi connectivity index (χ1) is 9.16. The van der Waals surface area contributed by atoms with E-state index in [2.05, 4.69) is 52.5 Å². The Labute approximate surface area is 115 Å². The maximum atomic E-state index is 11.0. The molecule has 1 aliphatic rings. The molecule has 0 aliphatic carbocycles. The van der Waals surface area contributed by atoms with Crippen molar-refractivity contribution in [1.29, 1.82) is 0 Å². The molecule has 1 N–H and O–H groups in total. The third-order valence-electron chi connectivity index (χ3n) is 3.65. The monoisotopic (exact) mass is 261 g/mol. The van der Waals surface area contributed by atoms with E-state index in [4.69, 9.17) is 0 Å². The molecular formula is C15H23N3O. The Morgan fingerprint density at radius 3 is 2.74 bits per heavy atom. The Bertz CT molecular complexity index is 407. The van der Waals surface area contributed by atoms with Gasteiger partial charge in [-0.1, -0.05) is 30.3 Å². The van der Waals surface area contributed by atoms with Gasteiger partial charge in [0.05, 0.1) is 0 Å². The number of carbonyl (C=O) groups is 1. The summed E-state index contributed by atoms with van der Waals surface area (Å²) in [4.78, 5) is 15.8. The number of nitrogens with one attached hydrogen (secondary N) is 1. The van der Waals surface area contributed by atoms with E-state index in [1.165, 1.54) is 5.56 Å². The van der Waals surface area contributed by atoms with E-state index < -0.39 is 0 Å². The third-order valence-corrected chi connectivity index (χ3v) is 3.65. The minimum Gasteiger partial charge on any atom is -0.355 e. The molecule has 1 fully saturated rings. The quantitative estimate of drug-likeness (QED) is 0.882. The second-order valence-electron chi connectivity index (χ2n) is 5.21. The molecule has 1 amide bonds. The van der Waals surface area contributed by atoms with Crippen molar-refractivity contribution in [3.8, 4) is 0 Å². The van der Waals surface area contributed by atoms with Gasteiger partial charge in [-0.3, -0.25) is 9.69 Å². The summed E-state index contributed by atoms with van der Waals surface area (Å²) in [5, 5.41) is 2.88. The summed E-state index contributed by atoms with van der Waals surface area (Å²) in [5.74, 6) is 0.0467. The highest BCUT2D eigenvalue weighted by Gasteiger charge is 2.25. The second kappa shape index (κ2) is 6.68. The molecule has 0 radical (unpaired) electrons. The molecule has 4 heteroatoms. The van der Waals surface area contributed by atoms with Crippen LogP contribution < -0.4 is 5.32 Å². The van der Waals surface area contributed by atoms with Crippen LogP contribution >= 0.6 is 0 Å². The van der Waals surface area contributed by atoms with Gasteiger partial charge in [0, 0.05) is 45.7 Å². The Balaban J connectivity index is 2.00. The fraction of sp³-hybridized carbons (Fsp3) is 0.533.